The zero-order chi connectivity index (χ0) is 13.4. The second-order valence-electron chi connectivity index (χ2n) is 4.71. The molecule has 0 aliphatic carbocycles. The Kier molecular flexibility index (Phi) is 10.9. The van der Waals surface area contributed by atoms with Gasteiger partial charge in [0.25, 0.3) is 0 Å². The lowest BCUT2D eigenvalue weighted by Crippen LogP contribution is -2.33. The summed E-state index contributed by atoms with van der Waals surface area (Å²) >= 11 is 3.47. The summed E-state index contributed by atoms with van der Waals surface area (Å²) in [6.45, 7) is 10.2. The normalized spacial score (nSPS) is 10.8. The molecular formula is C15H26Br2N2. The summed E-state index contributed by atoms with van der Waals surface area (Å²) in [5, 5.41) is 0. The molecule has 110 valence electrons. The van der Waals surface area contributed by atoms with Gasteiger partial charge in [-0.15, -0.1) is 17.0 Å². The molecule has 0 unspecified atom stereocenters. The van der Waals surface area contributed by atoms with Gasteiger partial charge in [-0.05, 0) is 44.3 Å². The van der Waals surface area contributed by atoms with Gasteiger partial charge in [0.1, 0.15) is 0 Å². The monoisotopic (exact) mass is 392 g/mol. The molecule has 0 fully saturated rings. The van der Waals surface area contributed by atoms with Crippen molar-refractivity contribution in [2.45, 2.75) is 20.3 Å². The molecule has 0 heterocycles. The van der Waals surface area contributed by atoms with Crippen LogP contribution in [0.5, 0.6) is 0 Å². The van der Waals surface area contributed by atoms with Crippen LogP contribution in [0.3, 0.4) is 0 Å². The van der Waals surface area contributed by atoms with Crippen LogP contribution in [0.2, 0.25) is 0 Å². The molecule has 0 aliphatic heterocycles. The van der Waals surface area contributed by atoms with Gasteiger partial charge in [0.05, 0.1) is 0 Å². The highest BCUT2D eigenvalue weighted by Gasteiger charge is 2.03. The van der Waals surface area contributed by atoms with Gasteiger partial charge in [0.15, 0.2) is 0 Å². The number of hydrogen-bond acceptors (Lipinski definition) is 2. The number of likely N-dealkylation sites (N-methyl/N-ethyl adjacent to an activating group) is 2. The van der Waals surface area contributed by atoms with Crippen LogP contribution in [-0.4, -0.2) is 49.6 Å². The lowest BCUT2D eigenvalue weighted by Gasteiger charge is -2.23. The van der Waals surface area contributed by atoms with Crippen LogP contribution in [0.1, 0.15) is 19.4 Å². The van der Waals surface area contributed by atoms with Gasteiger partial charge < -0.3 is 9.80 Å². The summed E-state index contributed by atoms with van der Waals surface area (Å²) in [7, 11) is 2.21. The lowest BCUT2D eigenvalue weighted by atomic mass is 10.1. The molecular weight excluding hydrogens is 368 g/mol. The number of nitrogens with zero attached hydrogens (tertiary/aromatic N) is 2. The highest BCUT2D eigenvalue weighted by molar-refractivity contribution is 9.10. The van der Waals surface area contributed by atoms with Gasteiger partial charge in [-0.3, -0.25) is 0 Å². The zero-order valence-electron chi connectivity index (χ0n) is 12.2. The fourth-order valence-electron chi connectivity index (χ4n) is 1.93. The Labute approximate surface area is 137 Å². The third-order valence-corrected chi connectivity index (χ3v) is 3.92. The summed E-state index contributed by atoms with van der Waals surface area (Å²) in [4.78, 5) is 4.89. The fraction of sp³-hybridized carbons (Fsp3) is 0.600. The molecule has 19 heavy (non-hydrogen) atoms. The minimum atomic E-state index is 0. The molecule has 0 saturated carbocycles. The third kappa shape index (κ3) is 8.08. The molecule has 0 radical (unpaired) electrons. The van der Waals surface area contributed by atoms with Gasteiger partial charge in [-0.1, -0.05) is 41.9 Å². The van der Waals surface area contributed by atoms with Crippen LogP contribution in [0, 0.1) is 0 Å². The molecule has 0 aromatic heterocycles. The topological polar surface area (TPSA) is 6.48 Å². The van der Waals surface area contributed by atoms with E-state index in [4.69, 9.17) is 0 Å². The van der Waals surface area contributed by atoms with Crippen molar-refractivity contribution in [1.29, 1.82) is 0 Å². The molecule has 2 nitrogen and oxygen atoms in total. The molecule has 0 amide bonds. The van der Waals surface area contributed by atoms with Crippen LogP contribution in [0.4, 0.5) is 0 Å². The van der Waals surface area contributed by atoms with Crippen molar-refractivity contribution in [3.63, 3.8) is 0 Å². The first kappa shape index (κ1) is 19.1. The third-order valence-electron chi connectivity index (χ3n) is 3.39. The van der Waals surface area contributed by atoms with E-state index in [2.05, 4.69) is 70.9 Å². The molecule has 4 heteroatoms. The smallest absolute Gasteiger partial charge is 0.0175 e. The van der Waals surface area contributed by atoms with Crippen molar-refractivity contribution in [1.82, 2.24) is 9.80 Å². The molecule has 0 spiro atoms. The summed E-state index contributed by atoms with van der Waals surface area (Å²) in [6, 6.07) is 8.63. The van der Waals surface area contributed by atoms with Crippen molar-refractivity contribution in [3.05, 3.63) is 34.3 Å². The molecule has 0 bridgehead atoms. The first-order chi connectivity index (χ1) is 8.65. The number of rotatable bonds is 8. The Hall–Kier alpha value is 0.100. The van der Waals surface area contributed by atoms with Crippen LogP contribution in [-0.2, 0) is 6.42 Å². The van der Waals surface area contributed by atoms with Crippen molar-refractivity contribution in [3.8, 4) is 0 Å². The summed E-state index contributed by atoms with van der Waals surface area (Å²) in [6.07, 6.45) is 1.13. The van der Waals surface area contributed by atoms with Crippen LogP contribution in [0.25, 0.3) is 0 Å². The highest BCUT2D eigenvalue weighted by atomic mass is 79.9. The maximum Gasteiger partial charge on any atom is 0.0175 e. The average Bonchev–Trinajstić information content (AvgIpc) is 2.39. The number of benzene rings is 1. The minimum absolute atomic E-state index is 0. The van der Waals surface area contributed by atoms with E-state index in [1.165, 1.54) is 12.1 Å². The Bertz CT molecular complexity index is 323. The van der Waals surface area contributed by atoms with Gasteiger partial charge >= 0.3 is 0 Å². The molecule has 1 aromatic carbocycles. The van der Waals surface area contributed by atoms with E-state index in [1.807, 2.05) is 0 Å². The fourth-order valence-corrected chi connectivity index (χ4v) is 2.20. The Morgan fingerprint density at radius 3 is 2.05 bits per heavy atom. The van der Waals surface area contributed by atoms with Crippen molar-refractivity contribution >= 4 is 32.9 Å². The van der Waals surface area contributed by atoms with E-state index in [-0.39, 0.29) is 17.0 Å². The minimum Gasteiger partial charge on any atom is -0.305 e. The van der Waals surface area contributed by atoms with E-state index in [9.17, 15) is 0 Å². The van der Waals surface area contributed by atoms with Crippen LogP contribution < -0.4 is 0 Å². The summed E-state index contributed by atoms with van der Waals surface area (Å²) in [5.41, 5.74) is 1.41. The predicted octanol–water partition coefficient (Wildman–Crippen LogP) is 3.84. The van der Waals surface area contributed by atoms with Gasteiger partial charge in [0.2, 0.25) is 0 Å². The zero-order valence-corrected chi connectivity index (χ0v) is 15.5. The van der Waals surface area contributed by atoms with E-state index >= 15 is 0 Å². The maximum atomic E-state index is 3.47. The SMILES string of the molecule is Br.CCN(CC)CCN(C)CCc1ccc(Br)cc1. The van der Waals surface area contributed by atoms with Crippen molar-refractivity contribution in [2.75, 3.05) is 39.8 Å². The standard InChI is InChI=1S/C15H25BrN2.BrH/c1-4-18(5-2)13-12-17(3)11-10-14-6-8-15(16)9-7-14;/h6-9H,4-5,10-13H2,1-3H3;1H. The average molecular weight is 394 g/mol. The largest absolute Gasteiger partial charge is 0.305 e. The maximum absolute atomic E-state index is 3.47. The van der Waals surface area contributed by atoms with Crippen molar-refractivity contribution in [2.24, 2.45) is 0 Å². The van der Waals surface area contributed by atoms with Gasteiger partial charge in [0, 0.05) is 24.1 Å². The van der Waals surface area contributed by atoms with Crippen LogP contribution >= 0.6 is 32.9 Å². The van der Waals surface area contributed by atoms with E-state index in [0.29, 0.717) is 0 Å². The van der Waals surface area contributed by atoms with E-state index in [1.54, 1.807) is 0 Å². The number of halogens is 2. The predicted molar refractivity (Wildman–Crippen MR) is 93.5 cm³/mol. The molecule has 0 aliphatic rings. The van der Waals surface area contributed by atoms with Crippen molar-refractivity contribution < 1.29 is 0 Å². The first-order valence-corrected chi connectivity index (χ1v) is 7.60. The lowest BCUT2D eigenvalue weighted by molar-refractivity contribution is 0.242. The molecule has 0 saturated heterocycles. The summed E-state index contributed by atoms with van der Waals surface area (Å²) in [5.74, 6) is 0. The number of hydrogen-bond donors (Lipinski definition) is 0. The Morgan fingerprint density at radius 2 is 1.53 bits per heavy atom. The van der Waals surface area contributed by atoms with Crippen LogP contribution in [0.15, 0.2) is 28.7 Å². The molecule has 1 aromatic rings. The first-order valence-electron chi connectivity index (χ1n) is 6.81. The quantitative estimate of drug-likeness (QED) is 0.661. The molecule has 0 atom stereocenters. The highest BCUT2D eigenvalue weighted by Crippen LogP contribution is 2.11. The Morgan fingerprint density at radius 1 is 0.947 bits per heavy atom. The second-order valence-corrected chi connectivity index (χ2v) is 5.62. The molecule has 0 N–H and O–H groups in total. The molecule has 1 rings (SSSR count). The van der Waals surface area contributed by atoms with Gasteiger partial charge in [-0.25, -0.2) is 0 Å². The summed E-state index contributed by atoms with van der Waals surface area (Å²) < 4.78 is 1.15. The second kappa shape index (κ2) is 10.8. The Balaban J connectivity index is 0.00000324. The van der Waals surface area contributed by atoms with E-state index < -0.39 is 0 Å². The van der Waals surface area contributed by atoms with Gasteiger partial charge in [-0.2, -0.15) is 0 Å². The van der Waals surface area contributed by atoms with E-state index in [0.717, 1.165) is 37.1 Å².